The molecule has 20 heavy (non-hydrogen) atoms. The van der Waals surface area contributed by atoms with Crippen LogP contribution >= 0.6 is 0 Å². The third-order valence-corrected chi connectivity index (χ3v) is 4.40. The number of aryl methyl sites for hydroxylation is 1. The van der Waals surface area contributed by atoms with Gasteiger partial charge in [-0.25, -0.2) is 4.98 Å². The van der Waals surface area contributed by atoms with Crippen LogP contribution in [-0.2, 0) is 6.54 Å². The second kappa shape index (κ2) is 5.54. The molecule has 1 aliphatic heterocycles. The summed E-state index contributed by atoms with van der Waals surface area (Å²) in [6.07, 6.45) is 6.73. The molecule has 3 heterocycles. The molecule has 0 bridgehead atoms. The molecular weight excluding hydrogens is 248 g/mol. The maximum absolute atomic E-state index is 6.06. The van der Waals surface area contributed by atoms with Gasteiger partial charge in [-0.3, -0.25) is 4.90 Å². The standard InChI is InChI=1S/C16H24N4/c1-12-5-3-8-20-11-15(18-16(12)20)10-19-7-4-6-14(9-19)13(2)17/h3,5,8,11,13-14H,4,6-7,9-10,17H2,1-2H3. The third-order valence-electron chi connectivity index (χ3n) is 4.40. The summed E-state index contributed by atoms with van der Waals surface area (Å²) in [6, 6.07) is 4.47. The van der Waals surface area contributed by atoms with Crippen molar-refractivity contribution in [1.29, 1.82) is 0 Å². The van der Waals surface area contributed by atoms with E-state index < -0.39 is 0 Å². The molecule has 1 saturated heterocycles. The van der Waals surface area contributed by atoms with Gasteiger partial charge in [0, 0.05) is 31.5 Å². The zero-order valence-electron chi connectivity index (χ0n) is 12.4. The number of imidazole rings is 1. The lowest BCUT2D eigenvalue weighted by Gasteiger charge is -2.34. The van der Waals surface area contributed by atoms with Crippen molar-refractivity contribution in [1.82, 2.24) is 14.3 Å². The zero-order chi connectivity index (χ0) is 14.1. The van der Waals surface area contributed by atoms with Gasteiger partial charge in [0.15, 0.2) is 0 Å². The van der Waals surface area contributed by atoms with E-state index in [9.17, 15) is 0 Å². The van der Waals surface area contributed by atoms with Gasteiger partial charge in [0.2, 0.25) is 0 Å². The molecule has 2 aromatic rings. The van der Waals surface area contributed by atoms with Crippen molar-refractivity contribution < 1.29 is 0 Å². The van der Waals surface area contributed by atoms with Gasteiger partial charge in [-0.1, -0.05) is 6.07 Å². The van der Waals surface area contributed by atoms with Crippen LogP contribution in [0, 0.1) is 12.8 Å². The highest BCUT2D eigenvalue weighted by Gasteiger charge is 2.23. The summed E-state index contributed by atoms with van der Waals surface area (Å²) < 4.78 is 2.12. The average Bonchev–Trinajstić information content (AvgIpc) is 2.83. The van der Waals surface area contributed by atoms with E-state index in [0.717, 1.165) is 31.0 Å². The summed E-state index contributed by atoms with van der Waals surface area (Å²) >= 11 is 0. The number of rotatable bonds is 3. The Labute approximate surface area is 120 Å². The van der Waals surface area contributed by atoms with Gasteiger partial charge >= 0.3 is 0 Å². The molecule has 0 saturated carbocycles. The van der Waals surface area contributed by atoms with E-state index in [4.69, 9.17) is 10.7 Å². The lowest BCUT2D eigenvalue weighted by atomic mass is 9.92. The van der Waals surface area contributed by atoms with E-state index in [2.05, 4.69) is 47.7 Å². The SMILES string of the molecule is Cc1cccn2cc(CN3CCCC(C(C)N)C3)nc12. The van der Waals surface area contributed by atoms with Crippen LogP contribution in [0.25, 0.3) is 5.65 Å². The first-order valence-corrected chi connectivity index (χ1v) is 7.54. The third kappa shape index (κ3) is 2.72. The van der Waals surface area contributed by atoms with Gasteiger partial charge in [-0.05, 0) is 50.8 Å². The predicted molar refractivity (Wildman–Crippen MR) is 81.6 cm³/mol. The zero-order valence-corrected chi connectivity index (χ0v) is 12.4. The minimum atomic E-state index is 0.293. The molecule has 2 atom stereocenters. The van der Waals surface area contributed by atoms with Crippen LogP contribution in [0.3, 0.4) is 0 Å². The molecule has 1 fully saturated rings. The van der Waals surface area contributed by atoms with Crippen molar-refractivity contribution >= 4 is 5.65 Å². The summed E-state index contributed by atoms with van der Waals surface area (Å²) in [5.41, 5.74) is 9.51. The van der Waals surface area contributed by atoms with E-state index in [1.807, 2.05) is 0 Å². The van der Waals surface area contributed by atoms with E-state index >= 15 is 0 Å². The number of fused-ring (bicyclic) bond motifs is 1. The molecule has 0 spiro atoms. The summed E-state index contributed by atoms with van der Waals surface area (Å²) in [5.74, 6) is 0.627. The van der Waals surface area contributed by atoms with Crippen LogP contribution < -0.4 is 5.73 Å². The van der Waals surface area contributed by atoms with Crippen LogP contribution in [-0.4, -0.2) is 33.4 Å². The molecule has 1 aliphatic rings. The quantitative estimate of drug-likeness (QED) is 0.932. The number of pyridine rings is 1. The van der Waals surface area contributed by atoms with Crippen LogP contribution in [0.15, 0.2) is 24.5 Å². The number of nitrogens with zero attached hydrogens (tertiary/aromatic N) is 3. The molecule has 0 aliphatic carbocycles. The van der Waals surface area contributed by atoms with Crippen LogP contribution in [0.2, 0.25) is 0 Å². The Balaban J connectivity index is 1.74. The van der Waals surface area contributed by atoms with Gasteiger partial charge in [0.25, 0.3) is 0 Å². The minimum Gasteiger partial charge on any atom is -0.328 e. The Morgan fingerprint density at radius 3 is 3.10 bits per heavy atom. The van der Waals surface area contributed by atoms with Gasteiger partial charge in [0.05, 0.1) is 5.69 Å². The van der Waals surface area contributed by atoms with Crippen molar-refractivity contribution in [2.45, 2.75) is 39.3 Å². The molecule has 4 heteroatoms. The Morgan fingerprint density at radius 2 is 2.35 bits per heavy atom. The van der Waals surface area contributed by atoms with Crippen molar-refractivity contribution in [3.63, 3.8) is 0 Å². The number of hydrogen-bond acceptors (Lipinski definition) is 3. The molecule has 2 N–H and O–H groups in total. The van der Waals surface area contributed by atoms with E-state index in [1.165, 1.54) is 18.4 Å². The molecule has 108 valence electrons. The fraction of sp³-hybridized carbons (Fsp3) is 0.562. The topological polar surface area (TPSA) is 46.6 Å². The number of hydrogen-bond donors (Lipinski definition) is 1. The second-order valence-electron chi connectivity index (χ2n) is 6.15. The molecule has 0 aromatic carbocycles. The highest BCUT2D eigenvalue weighted by Crippen LogP contribution is 2.20. The van der Waals surface area contributed by atoms with Crippen LogP contribution in [0.4, 0.5) is 0 Å². The molecule has 4 nitrogen and oxygen atoms in total. The smallest absolute Gasteiger partial charge is 0.139 e. The molecule has 0 radical (unpaired) electrons. The Hall–Kier alpha value is -1.39. The normalized spacial score (nSPS) is 22.2. The fourth-order valence-electron chi connectivity index (χ4n) is 3.17. The van der Waals surface area contributed by atoms with Gasteiger partial charge < -0.3 is 10.1 Å². The number of aromatic nitrogens is 2. The molecule has 3 rings (SSSR count). The van der Waals surface area contributed by atoms with Gasteiger partial charge in [-0.2, -0.15) is 0 Å². The van der Waals surface area contributed by atoms with Crippen molar-refractivity contribution in [3.05, 3.63) is 35.8 Å². The molecule has 2 aromatic heterocycles. The first kappa shape index (κ1) is 13.6. The number of likely N-dealkylation sites (tertiary alicyclic amines) is 1. The summed E-state index contributed by atoms with van der Waals surface area (Å²) in [7, 11) is 0. The predicted octanol–water partition coefficient (Wildman–Crippen LogP) is 2.20. The van der Waals surface area contributed by atoms with Gasteiger partial charge in [0.1, 0.15) is 5.65 Å². The number of nitrogens with two attached hydrogens (primary N) is 1. The molecule has 2 unspecified atom stereocenters. The first-order valence-electron chi connectivity index (χ1n) is 7.54. The first-order chi connectivity index (χ1) is 9.63. The van der Waals surface area contributed by atoms with E-state index in [-0.39, 0.29) is 0 Å². The summed E-state index contributed by atoms with van der Waals surface area (Å²) in [6.45, 7) is 7.44. The maximum Gasteiger partial charge on any atom is 0.139 e. The summed E-state index contributed by atoms with van der Waals surface area (Å²) in [4.78, 5) is 7.26. The fourth-order valence-corrected chi connectivity index (χ4v) is 3.17. The Kier molecular flexibility index (Phi) is 3.76. The van der Waals surface area contributed by atoms with Crippen molar-refractivity contribution in [3.8, 4) is 0 Å². The Bertz CT molecular complexity index is 587. The highest BCUT2D eigenvalue weighted by molar-refractivity contribution is 5.47. The van der Waals surface area contributed by atoms with Crippen LogP contribution in [0.1, 0.15) is 31.0 Å². The lowest BCUT2D eigenvalue weighted by Crippen LogP contribution is -2.41. The maximum atomic E-state index is 6.06. The number of piperidine rings is 1. The van der Waals surface area contributed by atoms with E-state index in [1.54, 1.807) is 0 Å². The van der Waals surface area contributed by atoms with Crippen molar-refractivity contribution in [2.24, 2.45) is 11.7 Å². The van der Waals surface area contributed by atoms with E-state index in [0.29, 0.717) is 12.0 Å². The second-order valence-corrected chi connectivity index (χ2v) is 6.15. The van der Waals surface area contributed by atoms with Crippen molar-refractivity contribution in [2.75, 3.05) is 13.1 Å². The monoisotopic (exact) mass is 272 g/mol. The summed E-state index contributed by atoms with van der Waals surface area (Å²) in [5, 5.41) is 0. The molecular formula is C16H24N4. The van der Waals surface area contributed by atoms with Gasteiger partial charge in [-0.15, -0.1) is 0 Å². The highest BCUT2D eigenvalue weighted by atomic mass is 15.2. The average molecular weight is 272 g/mol. The Morgan fingerprint density at radius 1 is 1.50 bits per heavy atom. The van der Waals surface area contributed by atoms with Crippen LogP contribution in [0.5, 0.6) is 0 Å². The minimum absolute atomic E-state index is 0.293. The largest absolute Gasteiger partial charge is 0.328 e. The molecule has 0 amide bonds. The lowest BCUT2D eigenvalue weighted by molar-refractivity contribution is 0.153.